The summed E-state index contributed by atoms with van der Waals surface area (Å²) >= 11 is 0. The van der Waals surface area contributed by atoms with Crippen LogP contribution in [0.3, 0.4) is 0 Å². The summed E-state index contributed by atoms with van der Waals surface area (Å²) in [5, 5.41) is 0. The van der Waals surface area contributed by atoms with Crippen molar-refractivity contribution in [3.8, 4) is 0 Å². The number of carbonyl (C=O) groups is 1. The van der Waals surface area contributed by atoms with Crippen molar-refractivity contribution in [2.24, 2.45) is 0 Å². The fraction of sp³-hybridized carbons (Fsp3) is 0.381. The standard InChI is InChI=1S/C21H26N2O3S/c1-17-10-12-20(13-11-17)27(25,26)22(2)19-9-7-8-18(16-19)21(24)23-14-5-3-4-6-15-23/h7-13,16H,3-6,14-15H2,1-2H3. The Morgan fingerprint density at radius 2 is 1.59 bits per heavy atom. The summed E-state index contributed by atoms with van der Waals surface area (Å²) in [5.41, 5.74) is 2.01. The molecule has 1 aliphatic heterocycles. The average molecular weight is 387 g/mol. The largest absolute Gasteiger partial charge is 0.339 e. The van der Waals surface area contributed by atoms with Crippen LogP contribution in [0.4, 0.5) is 5.69 Å². The van der Waals surface area contributed by atoms with E-state index in [9.17, 15) is 13.2 Å². The normalized spacial score (nSPS) is 15.3. The summed E-state index contributed by atoms with van der Waals surface area (Å²) < 4.78 is 27.0. The van der Waals surface area contributed by atoms with Crippen LogP contribution in [-0.4, -0.2) is 39.4 Å². The monoisotopic (exact) mass is 386 g/mol. The quantitative estimate of drug-likeness (QED) is 0.802. The maximum Gasteiger partial charge on any atom is 0.264 e. The molecule has 0 N–H and O–H groups in total. The maximum atomic E-state index is 12.9. The van der Waals surface area contributed by atoms with Gasteiger partial charge in [-0.25, -0.2) is 8.42 Å². The van der Waals surface area contributed by atoms with Crippen LogP contribution in [0.25, 0.3) is 0 Å². The highest BCUT2D eigenvalue weighted by atomic mass is 32.2. The highest BCUT2D eigenvalue weighted by molar-refractivity contribution is 7.92. The Kier molecular flexibility index (Phi) is 5.85. The molecule has 0 bridgehead atoms. The summed E-state index contributed by atoms with van der Waals surface area (Å²) in [6.45, 7) is 3.44. The molecule has 2 aromatic rings. The molecule has 1 heterocycles. The Morgan fingerprint density at radius 1 is 0.963 bits per heavy atom. The molecule has 2 aromatic carbocycles. The molecule has 0 spiro atoms. The van der Waals surface area contributed by atoms with Gasteiger partial charge in [0, 0.05) is 25.7 Å². The summed E-state index contributed by atoms with van der Waals surface area (Å²) in [6, 6.07) is 13.6. The van der Waals surface area contributed by atoms with Gasteiger partial charge in [-0.15, -0.1) is 0 Å². The number of carbonyl (C=O) groups excluding carboxylic acids is 1. The number of likely N-dealkylation sites (tertiary alicyclic amines) is 1. The third-order valence-corrected chi connectivity index (χ3v) is 6.83. The predicted octanol–water partition coefficient (Wildman–Crippen LogP) is 3.84. The first-order valence-corrected chi connectivity index (χ1v) is 10.8. The Hall–Kier alpha value is -2.34. The lowest BCUT2D eigenvalue weighted by Gasteiger charge is -2.23. The number of sulfonamides is 1. The molecule has 0 radical (unpaired) electrons. The van der Waals surface area contributed by atoms with Crippen molar-refractivity contribution in [3.63, 3.8) is 0 Å². The van der Waals surface area contributed by atoms with E-state index in [-0.39, 0.29) is 10.8 Å². The molecule has 27 heavy (non-hydrogen) atoms. The highest BCUT2D eigenvalue weighted by Gasteiger charge is 2.23. The lowest BCUT2D eigenvalue weighted by Crippen LogP contribution is -2.32. The summed E-state index contributed by atoms with van der Waals surface area (Å²) in [6.07, 6.45) is 4.35. The van der Waals surface area contributed by atoms with Crippen LogP contribution < -0.4 is 4.31 Å². The van der Waals surface area contributed by atoms with Crippen LogP contribution >= 0.6 is 0 Å². The number of hydrogen-bond acceptors (Lipinski definition) is 3. The van der Waals surface area contributed by atoms with Gasteiger partial charge in [0.1, 0.15) is 0 Å². The minimum absolute atomic E-state index is 0.0279. The number of nitrogens with zero attached hydrogens (tertiary/aromatic N) is 2. The summed E-state index contributed by atoms with van der Waals surface area (Å²) in [5.74, 6) is -0.0279. The molecule has 1 aliphatic rings. The predicted molar refractivity (Wildman–Crippen MR) is 108 cm³/mol. The van der Waals surface area contributed by atoms with E-state index in [1.54, 1.807) is 48.5 Å². The summed E-state index contributed by atoms with van der Waals surface area (Å²) in [7, 11) is -2.15. The zero-order valence-corrected chi connectivity index (χ0v) is 16.7. The fourth-order valence-corrected chi connectivity index (χ4v) is 4.49. The van der Waals surface area contributed by atoms with Crippen LogP contribution in [0.5, 0.6) is 0 Å². The van der Waals surface area contributed by atoms with Gasteiger partial charge in [0.15, 0.2) is 0 Å². The highest BCUT2D eigenvalue weighted by Crippen LogP contribution is 2.24. The van der Waals surface area contributed by atoms with E-state index in [1.165, 1.54) is 11.4 Å². The van der Waals surface area contributed by atoms with Crippen molar-refractivity contribution >= 4 is 21.6 Å². The second-order valence-electron chi connectivity index (χ2n) is 7.04. The van der Waals surface area contributed by atoms with E-state index in [1.807, 2.05) is 11.8 Å². The maximum absolute atomic E-state index is 12.9. The van der Waals surface area contributed by atoms with E-state index < -0.39 is 10.0 Å². The number of anilines is 1. The Labute approximate surface area is 161 Å². The van der Waals surface area contributed by atoms with Crippen molar-refractivity contribution in [1.29, 1.82) is 0 Å². The first-order valence-electron chi connectivity index (χ1n) is 9.34. The van der Waals surface area contributed by atoms with Gasteiger partial charge in [0.2, 0.25) is 0 Å². The molecular formula is C21H26N2O3S. The first kappa shape index (κ1) is 19.4. The minimum Gasteiger partial charge on any atom is -0.339 e. The molecule has 0 atom stereocenters. The number of hydrogen-bond donors (Lipinski definition) is 0. The smallest absolute Gasteiger partial charge is 0.264 e. The molecular weight excluding hydrogens is 360 g/mol. The third kappa shape index (κ3) is 4.33. The first-order chi connectivity index (χ1) is 12.9. The molecule has 144 valence electrons. The van der Waals surface area contributed by atoms with Crippen molar-refractivity contribution in [2.45, 2.75) is 37.5 Å². The van der Waals surface area contributed by atoms with Crippen molar-refractivity contribution in [1.82, 2.24) is 4.90 Å². The van der Waals surface area contributed by atoms with E-state index >= 15 is 0 Å². The van der Waals surface area contributed by atoms with Gasteiger partial charge in [0.05, 0.1) is 10.6 Å². The van der Waals surface area contributed by atoms with E-state index in [2.05, 4.69) is 0 Å². The van der Waals surface area contributed by atoms with Gasteiger partial charge < -0.3 is 4.90 Å². The van der Waals surface area contributed by atoms with Gasteiger partial charge >= 0.3 is 0 Å². The zero-order chi connectivity index (χ0) is 19.4. The van der Waals surface area contributed by atoms with Gasteiger partial charge in [-0.05, 0) is 50.1 Å². The number of amides is 1. The van der Waals surface area contributed by atoms with Gasteiger partial charge in [0.25, 0.3) is 15.9 Å². The van der Waals surface area contributed by atoms with Crippen molar-refractivity contribution in [3.05, 3.63) is 59.7 Å². The molecule has 0 unspecified atom stereocenters. The summed E-state index contributed by atoms with van der Waals surface area (Å²) in [4.78, 5) is 15.0. The van der Waals surface area contributed by atoms with Gasteiger partial charge in [-0.2, -0.15) is 0 Å². The molecule has 5 nitrogen and oxygen atoms in total. The van der Waals surface area contributed by atoms with Crippen molar-refractivity contribution < 1.29 is 13.2 Å². The molecule has 0 saturated carbocycles. The molecule has 0 aromatic heterocycles. The van der Waals surface area contributed by atoms with Crippen LogP contribution in [0.1, 0.15) is 41.6 Å². The van der Waals surface area contributed by atoms with E-state index in [4.69, 9.17) is 0 Å². The Morgan fingerprint density at radius 3 is 2.22 bits per heavy atom. The van der Waals surface area contributed by atoms with Gasteiger partial charge in [-0.3, -0.25) is 9.10 Å². The molecule has 1 saturated heterocycles. The molecule has 0 aliphatic carbocycles. The zero-order valence-electron chi connectivity index (χ0n) is 15.9. The second kappa shape index (κ2) is 8.13. The number of aryl methyl sites for hydroxylation is 1. The molecule has 6 heteroatoms. The number of rotatable bonds is 4. The lowest BCUT2D eigenvalue weighted by atomic mass is 10.1. The van der Waals surface area contributed by atoms with Gasteiger partial charge in [-0.1, -0.05) is 36.6 Å². The average Bonchev–Trinajstić information content (AvgIpc) is 2.96. The second-order valence-corrected chi connectivity index (χ2v) is 9.01. The van der Waals surface area contributed by atoms with Crippen LogP contribution in [0.15, 0.2) is 53.4 Å². The van der Waals surface area contributed by atoms with E-state index in [0.717, 1.165) is 44.3 Å². The fourth-order valence-electron chi connectivity index (χ4n) is 3.30. The topological polar surface area (TPSA) is 57.7 Å². The molecule has 3 rings (SSSR count). The number of benzene rings is 2. The minimum atomic E-state index is -3.67. The van der Waals surface area contributed by atoms with Crippen LogP contribution in [0, 0.1) is 6.92 Å². The van der Waals surface area contributed by atoms with Crippen LogP contribution in [-0.2, 0) is 10.0 Å². The third-order valence-electron chi connectivity index (χ3n) is 5.03. The molecule has 1 fully saturated rings. The van der Waals surface area contributed by atoms with Crippen molar-refractivity contribution in [2.75, 3.05) is 24.4 Å². The Balaban J connectivity index is 1.85. The lowest BCUT2D eigenvalue weighted by molar-refractivity contribution is 0.0761. The van der Waals surface area contributed by atoms with Crippen LogP contribution in [0.2, 0.25) is 0 Å². The Bertz CT molecular complexity index is 899. The van der Waals surface area contributed by atoms with E-state index in [0.29, 0.717) is 11.3 Å². The SMILES string of the molecule is Cc1ccc(S(=O)(=O)N(C)c2cccc(C(=O)N3CCCCCC3)c2)cc1. The molecule has 1 amide bonds.